The first-order chi connectivity index (χ1) is 8.97. The molecule has 0 heterocycles. The second-order valence-corrected chi connectivity index (χ2v) is 5.92. The Balaban J connectivity index is 2.23. The Hall–Kier alpha value is -1.10. The number of hydrogen-bond acceptors (Lipinski definition) is 3. The molecule has 1 unspecified atom stereocenters. The van der Waals surface area contributed by atoms with Gasteiger partial charge in [-0.1, -0.05) is 13.3 Å². The Bertz CT molecular complexity index is 314. The number of carbonyl (C=O) groups excluding carboxylic acids is 1. The van der Waals surface area contributed by atoms with E-state index in [-0.39, 0.29) is 17.7 Å². The van der Waals surface area contributed by atoms with Crippen LogP contribution in [0.15, 0.2) is 0 Å². The Morgan fingerprint density at radius 3 is 2.53 bits per heavy atom. The first-order valence-corrected chi connectivity index (χ1v) is 7.16. The Morgan fingerprint density at radius 1 is 1.37 bits per heavy atom. The van der Waals surface area contributed by atoms with Crippen LogP contribution in [-0.2, 0) is 9.59 Å². The smallest absolute Gasteiger partial charge is 0.303 e. The van der Waals surface area contributed by atoms with Crippen molar-refractivity contribution in [3.63, 3.8) is 0 Å². The predicted octanol–water partition coefficient (Wildman–Crippen LogP) is 1.51. The van der Waals surface area contributed by atoms with Gasteiger partial charge in [-0.05, 0) is 43.6 Å². The molecule has 1 aliphatic rings. The lowest BCUT2D eigenvalue weighted by molar-refractivity contribution is -0.141. The van der Waals surface area contributed by atoms with Gasteiger partial charge >= 0.3 is 5.97 Å². The number of carbonyl (C=O) groups is 2. The van der Waals surface area contributed by atoms with E-state index in [1.54, 1.807) is 0 Å². The van der Waals surface area contributed by atoms with E-state index in [2.05, 4.69) is 12.2 Å². The highest BCUT2D eigenvalue weighted by Gasteiger charge is 2.39. The fourth-order valence-corrected chi connectivity index (χ4v) is 2.59. The minimum absolute atomic E-state index is 0.0283. The number of carboxylic acids is 1. The molecule has 0 radical (unpaired) electrons. The van der Waals surface area contributed by atoms with Crippen LogP contribution in [0.4, 0.5) is 0 Å². The number of rotatable bonds is 9. The first-order valence-electron chi connectivity index (χ1n) is 7.16. The summed E-state index contributed by atoms with van der Waals surface area (Å²) < 4.78 is 0. The third-order valence-corrected chi connectivity index (χ3v) is 4.12. The minimum atomic E-state index is -0.773. The van der Waals surface area contributed by atoms with Crippen LogP contribution in [0.5, 0.6) is 0 Å². The fraction of sp³-hybridized carbons (Fsp3) is 0.857. The molecule has 0 bridgehead atoms. The summed E-state index contributed by atoms with van der Waals surface area (Å²) in [5, 5.41) is 11.8. The molecule has 1 amide bonds. The molecule has 1 rings (SSSR count). The van der Waals surface area contributed by atoms with Gasteiger partial charge in [0.05, 0.1) is 6.42 Å². The lowest BCUT2D eigenvalue weighted by atomic mass is 9.66. The number of nitrogens with one attached hydrogen (secondary N) is 1. The summed E-state index contributed by atoms with van der Waals surface area (Å²) in [6.07, 6.45) is 5.33. The number of hydrogen-bond donors (Lipinski definition) is 3. The van der Waals surface area contributed by atoms with Crippen molar-refractivity contribution in [2.75, 3.05) is 13.1 Å². The molecule has 0 aromatic carbocycles. The van der Waals surface area contributed by atoms with E-state index in [9.17, 15) is 9.59 Å². The lowest BCUT2D eigenvalue weighted by Crippen LogP contribution is -2.43. The van der Waals surface area contributed by atoms with Crippen LogP contribution in [0.3, 0.4) is 0 Å². The monoisotopic (exact) mass is 270 g/mol. The van der Waals surface area contributed by atoms with Crippen molar-refractivity contribution >= 4 is 11.9 Å². The standard InChI is InChI=1S/C14H26N2O3/c1-11(5-8-15)3-4-12(17)16-10-14(6-2-7-14)9-13(18)19/h11H,2-10,15H2,1H3,(H,16,17)(H,18,19). The molecule has 4 N–H and O–H groups in total. The van der Waals surface area contributed by atoms with Gasteiger partial charge in [-0.2, -0.15) is 0 Å². The zero-order valence-electron chi connectivity index (χ0n) is 11.8. The number of carboxylic acid groups (broad SMARTS) is 1. The molecule has 5 heteroatoms. The molecular formula is C14H26N2O3. The highest BCUT2D eigenvalue weighted by atomic mass is 16.4. The van der Waals surface area contributed by atoms with E-state index in [0.29, 0.717) is 25.4 Å². The van der Waals surface area contributed by atoms with E-state index in [0.717, 1.165) is 32.1 Å². The summed E-state index contributed by atoms with van der Waals surface area (Å²) in [6, 6.07) is 0. The average molecular weight is 270 g/mol. The topological polar surface area (TPSA) is 92.4 Å². The van der Waals surface area contributed by atoms with Gasteiger partial charge in [0, 0.05) is 13.0 Å². The average Bonchev–Trinajstić information content (AvgIpc) is 2.29. The van der Waals surface area contributed by atoms with Gasteiger partial charge < -0.3 is 16.2 Å². The maximum Gasteiger partial charge on any atom is 0.303 e. The maximum absolute atomic E-state index is 11.7. The number of amides is 1. The van der Waals surface area contributed by atoms with Crippen molar-refractivity contribution in [1.82, 2.24) is 5.32 Å². The first kappa shape index (κ1) is 16.0. The quantitative estimate of drug-likeness (QED) is 0.592. The summed E-state index contributed by atoms with van der Waals surface area (Å²) in [4.78, 5) is 22.5. The maximum atomic E-state index is 11.7. The number of aliphatic carboxylic acids is 1. The zero-order valence-corrected chi connectivity index (χ0v) is 11.8. The molecule has 0 aromatic rings. The summed E-state index contributed by atoms with van der Waals surface area (Å²) in [5.41, 5.74) is 5.28. The van der Waals surface area contributed by atoms with Crippen LogP contribution in [0.1, 0.15) is 51.9 Å². The van der Waals surface area contributed by atoms with Gasteiger partial charge in [0.15, 0.2) is 0 Å². The van der Waals surface area contributed by atoms with Crippen LogP contribution in [-0.4, -0.2) is 30.1 Å². The van der Waals surface area contributed by atoms with Crippen LogP contribution in [0.25, 0.3) is 0 Å². The van der Waals surface area contributed by atoms with Crippen LogP contribution in [0.2, 0.25) is 0 Å². The zero-order chi connectivity index (χ0) is 14.3. The van der Waals surface area contributed by atoms with Gasteiger partial charge in [0.1, 0.15) is 0 Å². The van der Waals surface area contributed by atoms with E-state index in [1.807, 2.05) is 0 Å². The Morgan fingerprint density at radius 2 is 2.05 bits per heavy atom. The second kappa shape index (κ2) is 7.48. The normalized spacial score (nSPS) is 18.4. The number of nitrogens with two attached hydrogens (primary N) is 1. The molecule has 1 aliphatic carbocycles. The molecule has 0 aromatic heterocycles. The van der Waals surface area contributed by atoms with Gasteiger partial charge in [-0.15, -0.1) is 0 Å². The van der Waals surface area contributed by atoms with E-state index in [1.165, 1.54) is 0 Å². The van der Waals surface area contributed by atoms with Gasteiger partial charge in [0.2, 0.25) is 5.91 Å². The van der Waals surface area contributed by atoms with Crippen molar-refractivity contribution < 1.29 is 14.7 Å². The third-order valence-electron chi connectivity index (χ3n) is 4.12. The van der Waals surface area contributed by atoms with Crippen molar-refractivity contribution in [2.24, 2.45) is 17.1 Å². The van der Waals surface area contributed by atoms with Crippen molar-refractivity contribution in [2.45, 2.75) is 51.9 Å². The molecule has 1 fully saturated rings. The fourth-order valence-electron chi connectivity index (χ4n) is 2.59. The van der Waals surface area contributed by atoms with Crippen LogP contribution < -0.4 is 11.1 Å². The van der Waals surface area contributed by atoms with E-state index < -0.39 is 5.97 Å². The van der Waals surface area contributed by atoms with Crippen LogP contribution in [0, 0.1) is 11.3 Å². The summed E-state index contributed by atoms with van der Waals surface area (Å²) in [5.74, 6) is -0.279. The van der Waals surface area contributed by atoms with E-state index in [4.69, 9.17) is 10.8 Å². The SMILES string of the molecule is CC(CCN)CCC(=O)NCC1(CC(=O)O)CCC1. The molecule has 1 atom stereocenters. The molecule has 1 saturated carbocycles. The van der Waals surface area contributed by atoms with Gasteiger partial charge in [-0.3, -0.25) is 9.59 Å². The molecule has 0 spiro atoms. The molecule has 0 saturated heterocycles. The van der Waals surface area contributed by atoms with Crippen LogP contribution >= 0.6 is 0 Å². The highest BCUT2D eigenvalue weighted by molar-refractivity contribution is 5.76. The van der Waals surface area contributed by atoms with Gasteiger partial charge in [0.25, 0.3) is 0 Å². The van der Waals surface area contributed by atoms with Crippen molar-refractivity contribution in [3.05, 3.63) is 0 Å². The summed E-state index contributed by atoms with van der Waals surface area (Å²) >= 11 is 0. The third kappa shape index (κ3) is 5.59. The van der Waals surface area contributed by atoms with Crippen molar-refractivity contribution in [1.29, 1.82) is 0 Å². The molecule has 5 nitrogen and oxygen atoms in total. The second-order valence-electron chi connectivity index (χ2n) is 5.92. The van der Waals surface area contributed by atoms with E-state index >= 15 is 0 Å². The predicted molar refractivity (Wildman–Crippen MR) is 73.6 cm³/mol. The summed E-state index contributed by atoms with van der Waals surface area (Å²) in [6.45, 7) is 3.26. The lowest BCUT2D eigenvalue weighted by Gasteiger charge is -2.40. The molecule has 0 aliphatic heterocycles. The van der Waals surface area contributed by atoms with Gasteiger partial charge in [-0.25, -0.2) is 0 Å². The molecule has 19 heavy (non-hydrogen) atoms. The Labute approximate surface area is 114 Å². The Kier molecular flexibility index (Phi) is 6.28. The highest BCUT2D eigenvalue weighted by Crippen LogP contribution is 2.43. The summed E-state index contributed by atoms with van der Waals surface area (Å²) in [7, 11) is 0. The molecular weight excluding hydrogens is 244 g/mol. The van der Waals surface area contributed by atoms with Crippen molar-refractivity contribution in [3.8, 4) is 0 Å². The minimum Gasteiger partial charge on any atom is -0.481 e. The largest absolute Gasteiger partial charge is 0.481 e. The molecule has 110 valence electrons.